The van der Waals surface area contributed by atoms with Gasteiger partial charge in [-0.2, -0.15) is 0 Å². The second kappa shape index (κ2) is 14.5. The van der Waals surface area contributed by atoms with Crippen LogP contribution in [0, 0.1) is 23.7 Å². The van der Waals surface area contributed by atoms with Crippen molar-refractivity contribution >= 4 is 11.9 Å². The van der Waals surface area contributed by atoms with E-state index in [0.29, 0.717) is 11.5 Å². The topological polar surface area (TPSA) is 72.8 Å². The van der Waals surface area contributed by atoms with Crippen LogP contribution in [0.2, 0.25) is 0 Å². The van der Waals surface area contributed by atoms with Crippen LogP contribution in [0.25, 0.3) is 0 Å². The third kappa shape index (κ3) is 8.09. The van der Waals surface area contributed by atoms with Gasteiger partial charge in [0.25, 0.3) is 0 Å². The van der Waals surface area contributed by atoms with Crippen molar-refractivity contribution in [2.24, 2.45) is 23.7 Å². The van der Waals surface area contributed by atoms with E-state index in [4.69, 9.17) is 9.47 Å². The van der Waals surface area contributed by atoms with Gasteiger partial charge in [-0.1, -0.05) is 63.1 Å². The van der Waals surface area contributed by atoms with Crippen molar-refractivity contribution in [2.75, 3.05) is 13.2 Å². The van der Waals surface area contributed by atoms with Gasteiger partial charge >= 0.3 is 11.9 Å². The summed E-state index contributed by atoms with van der Waals surface area (Å²) in [6, 6.07) is 8.53. The molecule has 4 rings (SSSR count). The lowest BCUT2D eigenvalue weighted by atomic mass is 9.66. The average molecular weight is 551 g/mol. The summed E-state index contributed by atoms with van der Waals surface area (Å²) < 4.78 is 10.8. The molecule has 5 nitrogen and oxygen atoms in total. The van der Waals surface area contributed by atoms with E-state index in [1.165, 1.54) is 89.5 Å². The summed E-state index contributed by atoms with van der Waals surface area (Å²) in [7, 11) is 0. The molecule has 2 atom stereocenters. The molecule has 0 spiro atoms. The molecule has 0 heterocycles. The highest BCUT2D eigenvalue weighted by Gasteiger charge is 2.34. The molecule has 40 heavy (non-hydrogen) atoms. The molecule has 0 saturated heterocycles. The van der Waals surface area contributed by atoms with Crippen LogP contribution in [-0.2, 0) is 19.1 Å². The van der Waals surface area contributed by atoms with E-state index >= 15 is 0 Å². The lowest BCUT2D eigenvalue weighted by Gasteiger charge is -2.39. The molecule has 220 valence electrons. The van der Waals surface area contributed by atoms with Crippen molar-refractivity contribution < 1.29 is 24.2 Å². The molecule has 3 aliphatic rings. The number of carbonyl (C=O) groups is 2. The lowest BCUT2D eigenvalue weighted by molar-refractivity contribution is -0.143. The Bertz CT molecular complexity index is 1000. The van der Waals surface area contributed by atoms with Gasteiger partial charge in [0.2, 0.25) is 0 Å². The molecule has 0 aliphatic heterocycles. The smallest absolute Gasteiger partial charge is 0.336 e. The molecule has 2 unspecified atom stereocenters. The van der Waals surface area contributed by atoms with Crippen LogP contribution in [0.4, 0.5) is 0 Å². The SMILES string of the molecule is C=C(C)C(=O)OCC(COC(=O)C(=C)C(C)O)c1ccc(C2CCC(C3CCC(C4CCCC4)CC3)CC2)cc1. The van der Waals surface area contributed by atoms with Crippen molar-refractivity contribution in [1.82, 2.24) is 0 Å². The second-order valence-electron chi connectivity index (χ2n) is 12.9. The normalized spacial score (nSPS) is 27.0. The quantitative estimate of drug-likeness (QED) is 0.226. The number of carbonyl (C=O) groups excluding carboxylic acids is 2. The largest absolute Gasteiger partial charge is 0.462 e. The number of ether oxygens (including phenoxy) is 2. The minimum absolute atomic E-state index is 0.00508. The first-order valence-corrected chi connectivity index (χ1v) is 15.7. The number of hydrogen-bond donors (Lipinski definition) is 1. The van der Waals surface area contributed by atoms with Crippen molar-refractivity contribution in [3.8, 4) is 0 Å². The Kier molecular flexibility index (Phi) is 11.1. The molecule has 0 aromatic heterocycles. The number of aliphatic hydroxyl groups excluding tert-OH is 1. The van der Waals surface area contributed by atoms with Gasteiger partial charge in [0.1, 0.15) is 13.2 Å². The zero-order valence-electron chi connectivity index (χ0n) is 24.7. The van der Waals surface area contributed by atoms with Crippen LogP contribution < -0.4 is 0 Å². The van der Waals surface area contributed by atoms with Crippen LogP contribution in [0.15, 0.2) is 48.6 Å². The van der Waals surface area contributed by atoms with E-state index in [1.807, 2.05) is 0 Å². The van der Waals surface area contributed by atoms with Gasteiger partial charge < -0.3 is 14.6 Å². The summed E-state index contributed by atoms with van der Waals surface area (Å²) >= 11 is 0. The molecular formula is C35H50O5. The molecule has 3 saturated carbocycles. The van der Waals surface area contributed by atoms with Gasteiger partial charge in [-0.15, -0.1) is 0 Å². The summed E-state index contributed by atoms with van der Waals surface area (Å²) in [4.78, 5) is 24.3. The Morgan fingerprint density at radius 2 is 1.23 bits per heavy atom. The van der Waals surface area contributed by atoms with E-state index < -0.39 is 18.0 Å². The highest BCUT2D eigenvalue weighted by molar-refractivity contribution is 5.88. The third-order valence-corrected chi connectivity index (χ3v) is 10.1. The van der Waals surface area contributed by atoms with E-state index in [9.17, 15) is 14.7 Å². The number of esters is 2. The van der Waals surface area contributed by atoms with Gasteiger partial charge in [0.05, 0.1) is 17.6 Å². The zero-order valence-corrected chi connectivity index (χ0v) is 24.7. The van der Waals surface area contributed by atoms with Crippen LogP contribution in [0.1, 0.15) is 114 Å². The Morgan fingerprint density at radius 1 is 0.775 bits per heavy atom. The van der Waals surface area contributed by atoms with E-state index in [2.05, 4.69) is 37.4 Å². The van der Waals surface area contributed by atoms with Crippen molar-refractivity contribution in [1.29, 1.82) is 0 Å². The maximum atomic E-state index is 12.2. The third-order valence-electron chi connectivity index (χ3n) is 10.1. The van der Waals surface area contributed by atoms with E-state index in [1.54, 1.807) is 6.92 Å². The first-order chi connectivity index (χ1) is 19.2. The molecule has 5 heteroatoms. The van der Waals surface area contributed by atoms with Crippen LogP contribution in [0.3, 0.4) is 0 Å². The fourth-order valence-corrected chi connectivity index (χ4v) is 7.46. The summed E-state index contributed by atoms with van der Waals surface area (Å²) in [5, 5.41) is 9.63. The van der Waals surface area contributed by atoms with Crippen LogP contribution >= 0.6 is 0 Å². The fourth-order valence-electron chi connectivity index (χ4n) is 7.46. The number of hydrogen-bond acceptors (Lipinski definition) is 5. The number of benzene rings is 1. The molecule has 1 aromatic rings. The fraction of sp³-hybridized carbons (Fsp3) is 0.657. The summed E-state index contributed by atoms with van der Waals surface area (Å²) in [6.07, 6.45) is 16.0. The first kappa shape index (κ1) is 30.6. The van der Waals surface area contributed by atoms with Crippen molar-refractivity contribution in [3.63, 3.8) is 0 Å². The maximum absolute atomic E-state index is 12.2. The molecule has 0 bridgehead atoms. The summed E-state index contributed by atoms with van der Waals surface area (Å²) in [5.41, 5.74) is 2.64. The Morgan fingerprint density at radius 3 is 1.70 bits per heavy atom. The highest BCUT2D eigenvalue weighted by Crippen LogP contribution is 2.47. The van der Waals surface area contributed by atoms with Crippen molar-refractivity contribution in [3.05, 3.63) is 59.7 Å². The minimum atomic E-state index is -0.978. The van der Waals surface area contributed by atoms with Crippen LogP contribution in [0.5, 0.6) is 0 Å². The first-order valence-electron chi connectivity index (χ1n) is 15.7. The molecule has 1 N–H and O–H groups in total. The maximum Gasteiger partial charge on any atom is 0.336 e. The molecule has 3 fully saturated rings. The van der Waals surface area contributed by atoms with Gasteiger partial charge in [-0.3, -0.25) is 0 Å². The summed E-state index contributed by atoms with van der Waals surface area (Å²) in [5.74, 6) is 3.05. The van der Waals surface area contributed by atoms with Gasteiger partial charge in [-0.25, -0.2) is 9.59 Å². The standard InChI is InChI=1S/C35H50O5/c1-23(2)34(37)39-21-33(22-40-35(38)24(3)25(4)36)32-19-17-31(18-20-32)30-15-13-29(14-16-30)28-11-9-27(10-12-28)26-7-5-6-8-26/h17-20,25-30,33,36H,1,3,5-16,21-22H2,2,4H3. The predicted molar refractivity (Wildman–Crippen MR) is 159 cm³/mol. The monoisotopic (exact) mass is 550 g/mol. The van der Waals surface area contributed by atoms with Gasteiger partial charge in [-0.05, 0) is 106 Å². The van der Waals surface area contributed by atoms with Crippen molar-refractivity contribution in [2.45, 2.75) is 109 Å². The minimum Gasteiger partial charge on any atom is -0.462 e. The number of rotatable bonds is 11. The average Bonchev–Trinajstić information content (AvgIpc) is 3.52. The Hall–Kier alpha value is -2.40. The van der Waals surface area contributed by atoms with Gasteiger partial charge in [0.15, 0.2) is 0 Å². The molecule has 1 aromatic carbocycles. The van der Waals surface area contributed by atoms with E-state index in [-0.39, 0.29) is 24.7 Å². The summed E-state index contributed by atoms with van der Waals surface area (Å²) in [6.45, 7) is 10.4. The molecule has 0 radical (unpaired) electrons. The molecular weight excluding hydrogens is 500 g/mol. The number of aliphatic hydroxyl groups is 1. The molecule has 0 amide bonds. The van der Waals surface area contributed by atoms with Gasteiger partial charge in [0, 0.05) is 5.57 Å². The zero-order chi connectivity index (χ0) is 28.6. The van der Waals surface area contributed by atoms with Crippen LogP contribution in [-0.4, -0.2) is 36.4 Å². The molecule has 3 aliphatic carbocycles. The predicted octanol–water partition coefficient (Wildman–Crippen LogP) is 7.64. The Labute approximate surface area is 241 Å². The highest BCUT2D eigenvalue weighted by atomic mass is 16.5. The lowest BCUT2D eigenvalue weighted by Crippen LogP contribution is -2.27. The van der Waals surface area contributed by atoms with E-state index in [0.717, 1.165) is 29.2 Å². The second-order valence-corrected chi connectivity index (χ2v) is 12.9. The Balaban J connectivity index is 1.29.